The summed E-state index contributed by atoms with van der Waals surface area (Å²) in [5.74, 6) is 0. The Balaban J connectivity index is 2.06. The maximum atomic E-state index is 3.90. The molecule has 2 rings (SSSR count). The second-order valence-corrected chi connectivity index (χ2v) is 7.11. The van der Waals surface area contributed by atoms with Crippen LogP contribution in [0.1, 0.15) is 72.1 Å². The molecule has 0 radical (unpaired) electrons. The minimum Gasteiger partial charge on any atom is -0.310 e. The van der Waals surface area contributed by atoms with Crippen LogP contribution in [0.2, 0.25) is 0 Å². The Morgan fingerprint density at radius 3 is 2.50 bits per heavy atom. The Hall–Kier alpha value is -0.0800. The number of hydrogen-bond donors (Lipinski definition) is 1. The van der Waals surface area contributed by atoms with E-state index in [1.54, 1.807) is 0 Å². The smallest absolute Gasteiger partial charge is 0.0309 e. The van der Waals surface area contributed by atoms with E-state index in [0.717, 1.165) is 0 Å². The first-order chi connectivity index (χ1) is 8.58. The van der Waals surface area contributed by atoms with Crippen LogP contribution in [-0.2, 0) is 0 Å². The molecule has 0 aromatic rings. The van der Waals surface area contributed by atoms with E-state index >= 15 is 0 Å². The van der Waals surface area contributed by atoms with Crippen molar-refractivity contribution in [2.45, 2.75) is 83.2 Å². The van der Waals surface area contributed by atoms with E-state index in [-0.39, 0.29) is 0 Å². The molecule has 1 saturated carbocycles. The Kier molecular flexibility index (Phi) is 4.71. The highest BCUT2D eigenvalue weighted by Gasteiger charge is 2.38. The van der Waals surface area contributed by atoms with Crippen molar-refractivity contribution < 1.29 is 0 Å². The summed E-state index contributed by atoms with van der Waals surface area (Å²) < 4.78 is 0. The molecule has 1 aliphatic carbocycles. The first kappa shape index (κ1) is 14.3. The third-order valence-electron chi connectivity index (χ3n) is 5.13. The molecule has 2 aliphatic rings. The maximum Gasteiger partial charge on any atom is 0.0309 e. The molecule has 1 heterocycles. The van der Waals surface area contributed by atoms with Gasteiger partial charge in [-0.05, 0) is 52.6 Å². The molecule has 0 bridgehead atoms. The first-order valence-corrected chi connectivity index (χ1v) is 8.08. The normalized spacial score (nSPS) is 26.2. The zero-order valence-corrected chi connectivity index (χ0v) is 12.7. The van der Waals surface area contributed by atoms with Gasteiger partial charge < -0.3 is 5.32 Å². The molecule has 0 atom stereocenters. The van der Waals surface area contributed by atoms with Gasteiger partial charge in [-0.2, -0.15) is 0 Å². The Morgan fingerprint density at radius 1 is 1.11 bits per heavy atom. The zero-order valence-electron chi connectivity index (χ0n) is 12.7. The van der Waals surface area contributed by atoms with Crippen LogP contribution in [0.4, 0.5) is 0 Å². The standard InChI is InChI=1S/C16H32N2/c1-4-9-15(2,3)18-13-8-12-17-16(14-18)10-6-5-7-11-16/h17H,4-14H2,1-3H3. The first-order valence-electron chi connectivity index (χ1n) is 8.08. The van der Waals surface area contributed by atoms with Crippen LogP contribution >= 0.6 is 0 Å². The summed E-state index contributed by atoms with van der Waals surface area (Å²) >= 11 is 0. The summed E-state index contributed by atoms with van der Waals surface area (Å²) in [6.45, 7) is 11.0. The van der Waals surface area contributed by atoms with Gasteiger partial charge in [0.05, 0.1) is 0 Å². The van der Waals surface area contributed by atoms with Crippen molar-refractivity contribution in [3.05, 3.63) is 0 Å². The van der Waals surface area contributed by atoms with Crippen LogP contribution in [0.5, 0.6) is 0 Å². The van der Waals surface area contributed by atoms with Gasteiger partial charge in [-0.15, -0.1) is 0 Å². The highest BCUT2D eigenvalue weighted by molar-refractivity contribution is 4.98. The van der Waals surface area contributed by atoms with Crippen molar-refractivity contribution in [2.75, 3.05) is 19.6 Å². The van der Waals surface area contributed by atoms with Crippen molar-refractivity contribution in [1.82, 2.24) is 10.2 Å². The number of nitrogens with one attached hydrogen (secondary N) is 1. The summed E-state index contributed by atoms with van der Waals surface area (Å²) in [7, 11) is 0. The summed E-state index contributed by atoms with van der Waals surface area (Å²) in [5, 5.41) is 3.90. The molecule has 2 heteroatoms. The predicted molar refractivity (Wildman–Crippen MR) is 79.0 cm³/mol. The minimum atomic E-state index is 0.380. The SMILES string of the molecule is CCCC(C)(C)N1CCCNC2(CCCCC2)C1. The van der Waals surface area contributed by atoms with Gasteiger partial charge in [0.15, 0.2) is 0 Å². The van der Waals surface area contributed by atoms with Crippen molar-refractivity contribution in [2.24, 2.45) is 0 Å². The van der Waals surface area contributed by atoms with E-state index in [1.807, 2.05) is 0 Å². The van der Waals surface area contributed by atoms with Crippen molar-refractivity contribution in [3.63, 3.8) is 0 Å². The lowest BCUT2D eigenvalue weighted by Gasteiger charge is -2.45. The number of rotatable bonds is 3. The molecule has 1 spiro atoms. The second kappa shape index (κ2) is 5.92. The Labute approximate surface area is 114 Å². The summed E-state index contributed by atoms with van der Waals surface area (Å²) in [6.07, 6.45) is 11.0. The molecule has 0 unspecified atom stereocenters. The van der Waals surface area contributed by atoms with E-state index in [2.05, 4.69) is 31.0 Å². The van der Waals surface area contributed by atoms with E-state index in [1.165, 1.54) is 71.0 Å². The minimum absolute atomic E-state index is 0.380. The van der Waals surface area contributed by atoms with Gasteiger partial charge in [0.1, 0.15) is 0 Å². The van der Waals surface area contributed by atoms with Crippen LogP contribution in [0.15, 0.2) is 0 Å². The molecule has 1 saturated heterocycles. The van der Waals surface area contributed by atoms with E-state index in [9.17, 15) is 0 Å². The molecular formula is C16H32N2. The Bertz CT molecular complexity index is 254. The van der Waals surface area contributed by atoms with E-state index in [4.69, 9.17) is 0 Å². The second-order valence-electron chi connectivity index (χ2n) is 7.11. The quantitative estimate of drug-likeness (QED) is 0.826. The number of nitrogens with zero attached hydrogens (tertiary/aromatic N) is 1. The number of hydrogen-bond acceptors (Lipinski definition) is 2. The van der Waals surface area contributed by atoms with Gasteiger partial charge >= 0.3 is 0 Å². The maximum absolute atomic E-state index is 3.90. The van der Waals surface area contributed by atoms with Crippen LogP contribution in [0.25, 0.3) is 0 Å². The van der Waals surface area contributed by atoms with Gasteiger partial charge in [0.2, 0.25) is 0 Å². The van der Waals surface area contributed by atoms with Crippen molar-refractivity contribution >= 4 is 0 Å². The van der Waals surface area contributed by atoms with Gasteiger partial charge in [-0.3, -0.25) is 4.90 Å². The van der Waals surface area contributed by atoms with Crippen molar-refractivity contribution in [1.29, 1.82) is 0 Å². The fourth-order valence-electron chi connectivity index (χ4n) is 3.97. The fourth-order valence-corrected chi connectivity index (χ4v) is 3.97. The largest absolute Gasteiger partial charge is 0.310 e. The highest BCUT2D eigenvalue weighted by Crippen LogP contribution is 2.33. The molecule has 18 heavy (non-hydrogen) atoms. The molecule has 2 fully saturated rings. The van der Waals surface area contributed by atoms with Crippen LogP contribution in [0.3, 0.4) is 0 Å². The molecule has 2 nitrogen and oxygen atoms in total. The fraction of sp³-hybridized carbons (Fsp3) is 1.00. The summed E-state index contributed by atoms with van der Waals surface area (Å²) in [5.41, 5.74) is 0.824. The lowest BCUT2D eigenvalue weighted by Crippen LogP contribution is -2.56. The monoisotopic (exact) mass is 252 g/mol. The van der Waals surface area contributed by atoms with Crippen molar-refractivity contribution in [3.8, 4) is 0 Å². The third-order valence-corrected chi connectivity index (χ3v) is 5.13. The molecular weight excluding hydrogens is 220 g/mol. The van der Waals surface area contributed by atoms with E-state index in [0.29, 0.717) is 11.1 Å². The molecule has 0 amide bonds. The van der Waals surface area contributed by atoms with Crippen LogP contribution < -0.4 is 5.32 Å². The highest BCUT2D eigenvalue weighted by atomic mass is 15.2. The average molecular weight is 252 g/mol. The predicted octanol–water partition coefficient (Wildman–Crippen LogP) is 3.56. The lowest BCUT2D eigenvalue weighted by molar-refractivity contribution is 0.0717. The lowest BCUT2D eigenvalue weighted by atomic mass is 9.80. The summed E-state index contributed by atoms with van der Waals surface area (Å²) in [4.78, 5) is 2.78. The van der Waals surface area contributed by atoms with Crippen LogP contribution in [-0.4, -0.2) is 35.6 Å². The molecule has 0 aromatic heterocycles. The van der Waals surface area contributed by atoms with Gasteiger partial charge in [-0.1, -0.05) is 32.6 Å². The summed E-state index contributed by atoms with van der Waals surface area (Å²) in [6, 6.07) is 0. The third kappa shape index (κ3) is 3.27. The average Bonchev–Trinajstić information content (AvgIpc) is 2.54. The topological polar surface area (TPSA) is 15.3 Å². The Morgan fingerprint density at radius 2 is 1.83 bits per heavy atom. The molecule has 0 aromatic carbocycles. The van der Waals surface area contributed by atoms with Gasteiger partial charge in [0.25, 0.3) is 0 Å². The van der Waals surface area contributed by atoms with Gasteiger partial charge in [0, 0.05) is 17.6 Å². The molecule has 1 aliphatic heterocycles. The van der Waals surface area contributed by atoms with Crippen LogP contribution in [0, 0.1) is 0 Å². The molecule has 106 valence electrons. The van der Waals surface area contributed by atoms with E-state index < -0.39 is 0 Å². The zero-order chi connectivity index (χ0) is 13.1. The molecule has 1 N–H and O–H groups in total. The van der Waals surface area contributed by atoms with Gasteiger partial charge in [-0.25, -0.2) is 0 Å².